The molecule has 1 aliphatic carbocycles. The van der Waals surface area contributed by atoms with Crippen LogP contribution >= 0.6 is 11.8 Å². The van der Waals surface area contributed by atoms with Gasteiger partial charge in [0.05, 0.1) is 6.07 Å². The Morgan fingerprint density at radius 1 is 1.67 bits per heavy atom. The standard InChI is InChI=1S/C11H18N2OS/c1-9(4-7-15-2)13-10(14)11(8-12)5-3-6-11/h9H,3-7H2,1-2H3,(H,13,14). The molecule has 1 rings (SSSR count). The Morgan fingerprint density at radius 2 is 2.33 bits per heavy atom. The van der Waals surface area contributed by atoms with Gasteiger partial charge in [0, 0.05) is 6.04 Å². The van der Waals surface area contributed by atoms with E-state index < -0.39 is 5.41 Å². The van der Waals surface area contributed by atoms with Gasteiger partial charge in [0.25, 0.3) is 0 Å². The molecule has 1 amide bonds. The Kier molecular flexibility index (Phi) is 4.46. The largest absolute Gasteiger partial charge is 0.352 e. The molecule has 0 spiro atoms. The smallest absolute Gasteiger partial charge is 0.240 e. The van der Waals surface area contributed by atoms with Crippen molar-refractivity contribution >= 4 is 17.7 Å². The summed E-state index contributed by atoms with van der Waals surface area (Å²) in [5.41, 5.74) is -0.701. The summed E-state index contributed by atoms with van der Waals surface area (Å²) in [6.07, 6.45) is 5.47. The Bertz CT molecular complexity index is 268. The Labute approximate surface area is 95.6 Å². The Morgan fingerprint density at radius 3 is 2.73 bits per heavy atom. The number of hydrogen-bond acceptors (Lipinski definition) is 3. The molecule has 84 valence electrons. The maximum absolute atomic E-state index is 11.8. The summed E-state index contributed by atoms with van der Waals surface area (Å²) >= 11 is 1.77. The molecule has 3 nitrogen and oxygen atoms in total. The number of nitrogens with zero attached hydrogens (tertiary/aromatic N) is 1. The van der Waals surface area contributed by atoms with Crippen molar-refractivity contribution in [1.29, 1.82) is 5.26 Å². The lowest BCUT2D eigenvalue weighted by atomic mass is 9.69. The first-order valence-corrected chi connectivity index (χ1v) is 6.75. The number of nitriles is 1. The van der Waals surface area contributed by atoms with Crippen LogP contribution in [0, 0.1) is 16.7 Å². The first kappa shape index (κ1) is 12.4. The summed E-state index contributed by atoms with van der Waals surface area (Å²) in [4.78, 5) is 11.8. The lowest BCUT2D eigenvalue weighted by Crippen LogP contribution is -2.47. The molecule has 0 radical (unpaired) electrons. The second-order valence-electron chi connectivity index (χ2n) is 4.20. The van der Waals surface area contributed by atoms with Crippen molar-refractivity contribution in [1.82, 2.24) is 5.32 Å². The second-order valence-corrected chi connectivity index (χ2v) is 5.19. The van der Waals surface area contributed by atoms with Crippen LogP contribution in [0.5, 0.6) is 0 Å². The summed E-state index contributed by atoms with van der Waals surface area (Å²) in [6, 6.07) is 2.34. The third-order valence-electron chi connectivity index (χ3n) is 2.99. The van der Waals surface area contributed by atoms with Crippen molar-refractivity contribution in [3.8, 4) is 6.07 Å². The highest BCUT2D eigenvalue weighted by atomic mass is 32.2. The molecule has 1 N–H and O–H groups in total. The van der Waals surface area contributed by atoms with E-state index in [4.69, 9.17) is 5.26 Å². The monoisotopic (exact) mass is 226 g/mol. The lowest BCUT2D eigenvalue weighted by molar-refractivity contribution is -0.132. The zero-order valence-corrected chi connectivity index (χ0v) is 10.2. The highest BCUT2D eigenvalue weighted by Crippen LogP contribution is 2.40. The van der Waals surface area contributed by atoms with Crippen LogP contribution in [0.3, 0.4) is 0 Å². The fraction of sp³-hybridized carbons (Fsp3) is 0.818. The van der Waals surface area contributed by atoms with Crippen LogP contribution in [0.25, 0.3) is 0 Å². The van der Waals surface area contributed by atoms with E-state index in [1.165, 1.54) is 0 Å². The van der Waals surface area contributed by atoms with Gasteiger partial charge in [-0.25, -0.2) is 0 Å². The number of nitrogens with one attached hydrogen (secondary N) is 1. The highest BCUT2D eigenvalue weighted by molar-refractivity contribution is 7.98. The number of carbonyl (C=O) groups excluding carboxylic acids is 1. The van der Waals surface area contributed by atoms with Crippen LogP contribution in [0.15, 0.2) is 0 Å². The first-order valence-electron chi connectivity index (χ1n) is 5.36. The van der Waals surface area contributed by atoms with E-state index in [2.05, 4.69) is 17.6 Å². The minimum atomic E-state index is -0.701. The van der Waals surface area contributed by atoms with Gasteiger partial charge in [0.15, 0.2) is 0 Å². The molecule has 0 heterocycles. The van der Waals surface area contributed by atoms with Crippen LogP contribution in [0.2, 0.25) is 0 Å². The van der Waals surface area contributed by atoms with Crippen molar-refractivity contribution in [3.05, 3.63) is 0 Å². The predicted molar refractivity (Wildman–Crippen MR) is 62.5 cm³/mol. The molecular weight excluding hydrogens is 208 g/mol. The van der Waals surface area contributed by atoms with E-state index in [0.29, 0.717) is 0 Å². The number of thioether (sulfide) groups is 1. The SMILES string of the molecule is CSCCC(C)NC(=O)C1(C#N)CCC1. The molecule has 1 saturated carbocycles. The van der Waals surface area contributed by atoms with Gasteiger partial charge in [0.2, 0.25) is 5.91 Å². The molecule has 0 saturated heterocycles. The summed E-state index contributed by atoms with van der Waals surface area (Å²) < 4.78 is 0. The minimum Gasteiger partial charge on any atom is -0.352 e. The number of rotatable bonds is 5. The van der Waals surface area contributed by atoms with E-state index >= 15 is 0 Å². The van der Waals surface area contributed by atoms with Crippen molar-refractivity contribution in [2.45, 2.75) is 38.6 Å². The second kappa shape index (κ2) is 5.41. The topological polar surface area (TPSA) is 52.9 Å². The average molecular weight is 226 g/mol. The predicted octanol–water partition coefficient (Wildman–Crippen LogP) is 1.94. The van der Waals surface area contributed by atoms with Gasteiger partial charge in [-0.15, -0.1) is 0 Å². The highest BCUT2D eigenvalue weighted by Gasteiger charge is 2.44. The maximum atomic E-state index is 11.8. The van der Waals surface area contributed by atoms with Gasteiger partial charge < -0.3 is 5.32 Å². The molecule has 0 aromatic carbocycles. The average Bonchev–Trinajstić information content (AvgIpc) is 2.13. The van der Waals surface area contributed by atoms with E-state index in [0.717, 1.165) is 31.4 Å². The normalized spacial score (nSPS) is 19.8. The minimum absolute atomic E-state index is 0.0650. The number of amides is 1. The fourth-order valence-corrected chi connectivity index (χ4v) is 2.24. The number of carbonyl (C=O) groups is 1. The van der Waals surface area contributed by atoms with Gasteiger partial charge in [-0.05, 0) is 44.6 Å². The Hall–Kier alpha value is -0.690. The van der Waals surface area contributed by atoms with Crippen LogP contribution in [0.1, 0.15) is 32.6 Å². The fourth-order valence-electron chi connectivity index (χ4n) is 1.65. The molecule has 4 heteroatoms. The van der Waals surface area contributed by atoms with Crippen molar-refractivity contribution in [2.75, 3.05) is 12.0 Å². The molecule has 0 bridgehead atoms. The molecule has 15 heavy (non-hydrogen) atoms. The molecule has 0 aromatic heterocycles. The van der Waals surface area contributed by atoms with Crippen LogP contribution in [-0.2, 0) is 4.79 Å². The molecule has 1 unspecified atom stereocenters. The third kappa shape index (κ3) is 2.88. The summed E-state index contributed by atoms with van der Waals surface area (Å²) in [5.74, 6) is 0.978. The van der Waals surface area contributed by atoms with E-state index in [1.54, 1.807) is 11.8 Å². The summed E-state index contributed by atoms with van der Waals surface area (Å²) in [7, 11) is 0. The van der Waals surface area contributed by atoms with Crippen LogP contribution in [-0.4, -0.2) is 24.0 Å². The molecular formula is C11H18N2OS. The van der Waals surface area contributed by atoms with Gasteiger partial charge in [0.1, 0.15) is 5.41 Å². The van der Waals surface area contributed by atoms with E-state index in [-0.39, 0.29) is 11.9 Å². The molecule has 1 fully saturated rings. The summed E-state index contributed by atoms with van der Waals surface area (Å²) in [6.45, 7) is 2.00. The van der Waals surface area contributed by atoms with Crippen molar-refractivity contribution in [3.63, 3.8) is 0 Å². The van der Waals surface area contributed by atoms with Gasteiger partial charge in [-0.2, -0.15) is 17.0 Å². The Balaban J connectivity index is 2.38. The van der Waals surface area contributed by atoms with Gasteiger partial charge in [-0.3, -0.25) is 4.79 Å². The van der Waals surface area contributed by atoms with Crippen molar-refractivity contribution < 1.29 is 4.79 Å². The van der Waals surface area contributed by atoms with Crippen LogP contribution < -0.4 is 5.32 Å². The van der Waals surface area contributed by atoms with Gasteiger partial charge in [-0.1, -0.05) is 0 Å². The maximum Gasteiger partial charge on any atom is 0.240 e. The molecule has 1 atom stereocenters. The van der Waals surface area contributed by atoms with Gasteiger partial charge >= 0.3 is 0 Å². The van der Waals surface area contributed by atoms with Crippen molar-refractivity contribution in [2.24, 2.45) is 5.41 Å². The van der Waals surface area contributed by atoms with E-state index in [9.17, 15) is 4.79 Å². The summed E-state index contributed by atoms with van der Waals surface area (Å²) in [5, 5.41) is 11.9. The van der Waals surface area contributed by atoms with Crippen LogP contribution in [0.4, 0.5) is 0 Å². The number of hydrogen-bond donors (Lipinski definition) is 1. The molecule has 1 aliphatic rings. The third-order valence-corrected chi connectivity index (χ3v) is 3.63. The quantitative estimate of drug-likeness (QED) is 0.779. The zero-order chi connectivity index (χ0) is 11.3. The lowest BCUT2D eigenvalue weighted by Gasteiger charge is -2.34. The zero-order valence-electron chi connectivity index (χ0n) is 9.38. The molecule has 0 aromatic rings. The first-order chi connectivity index (χ1) is 7.14. The van der Waals surface area contributed by atoms with E-state index in [1.807, 2.05) is 6.92 Å². The molecule has 0 aliphatic heterocycles.